The quantitative estimate of drug-likeness (QED) is 0.644. The van der Waals surface area contributed by atoms with Gasteiger partial charge < -0.3 is 10.6 Å². The number of amides is 2. The van der Waals surface area contributed by atoms with E-state index in [-0.39, 0.29) is 11.8 Å². The number of carbonyl (C=O) groups excluding carboxylic acids is 2. The van der Waals surface area contributed by atoms with E-state index < -0.39 is 0 Å². The molecule has 2 aromatic carbocycles. The van der Waals surface area contributed by atoms with Crippen molar-refractivity contribution in [3.8, 4) is 0 Å². The van der Waals surface area contributed by atoms with Gasteiger partial charge in [-0.3, -0.25) is 14.6 Å². The first-order chi connectivity index (χ1) is 14.0. The molecule has 5 heteroatoms. The first-order valence-corrected chi connectivity index (χ1v) is 9.63. The highest BCUT2D eigenvalue weighted by atomic mass is 16.2. The van der Waals surface area contributed by atoms with Crippen molar-refractivity contribution in [1.29, 1.82) is 0 Å². The lowest BCUT2D eigenvalue weighted by Crippen LogP contribution is -2.23. The number of rotatable bonds is 6. The zero-order valence-corrected chi connectivity index (χ0v) is 16.9. The highest BCUT2D eigenvalue weighted by Crippen LogP contribution is 2.27. The van der Waals surface area contributed by atoms with Crippen molar-refractivity contribution in [3.63, 3.8) is 0 Å². The summed E-state index contributed by atoms with van der Waals surface area (Å²) in [7, 11) is 0. The molecule has 0 aliphatic rings. The number of hydrogen-bond acceptors (Lipinski definition) is 3. The Hall–Kier alpha value is -3.47. The van der Waals surface area contributed by atoms with E-state index in [0.717, 1.165) is 22.4 Å². The van der Waals surface area contributed by atoms with E-state index in [1.165, 1.54) is 0 Å². The second-order valence-corrected chi connectivity index (χ2v) is 7.27. The van der Waals surface area contributed by atoms with Crippen LogP contribution in [0.15, 0.2) is 67.0 Å². The van der Waals surface area contributed by atoms with Gasteiger partial charge in [-0.1, -0.05) is 38.1 Å². The van der Waals surface area contributed by atoms with Crippen molar-refractivity contribution in [2.75, 3.05) is 5.32 Å². The first kappa shape index (κ1) is 20.3. The molecule has 2 amide bonds. The molecule has 2 N–H and O–H groups in total. The number of aromatic nitrogens is 1. The van der Waals surface area contributed by atoms with Crippen LogP contribution in [0.4, 0.5) is 5.69 Å². The van der Waals surface area contributed by atoms with Gasteiger partial charge in [0.1, 0.15) is 0 Å². The highest BCUT2D eigenvalue weighted by Gasteiger charge is 2.14. The fraction of sp³-hybridized carbons (Fsp3) is 0.208. The highest BCUT2D eigenvalue weighted by molar-refractivity contribution is 6.05. The molecule has 0 saturated carbocycles. The molecule has 1 heterocycles. The van der Waals surface area contributed by atoms with Crippen molar-refractivity contribution >= 4 is 17.5 Å². The number of aryl methyl sites for hydroxylation is 1. The van der Waals surface area contributed by atoms with Gasteiger partial charge in [0.15, 0.2) is 0 Å². The van der Waals surface area contributed by atoms with Crippen LogP contribution in [0.25, 0.3) is 0 Å². The summed E-state index contributed by atoms with van der Waals surface area (Å²) in [4.78, 5) is 29.1. The second-order valence-electron chi connectivity index (χ2n) is 7.27. The summed E-state index contributed by atoms with van der Waals surface area (Å²) in [5.74, 6) is -0.0820. The molecule has 0 aliphatic heterocycles. The van der Waals surface area contributed by atoms with E-state index in [9.17, 15) is 9.59 Å². The van der Waals surface area contributed by atoms with Crippen LogP contribution in [0.5, 0.6) is 0 Å². The Balaban J connectivity index is 1.67. The van der Waals surface area contributed by atoms with Crippen LogP contribution in [-0.4, -0.2) is 16.8 Å². The third-order valence-electron chi connectivity index (χ3n) is 4.75. The van der Waals surface area contributed by atoms with E-state index >= 15 is 0 Å². The molecule has 1 aromatic heterocycles. The van der Waals surface area contributed by atoms with Crippen LogP contribution in [0.3, 0.4) is 0 Å². The van der Waals surface area contributed by atoms with Crippen LogP contribution in [-0.2, 0) is 6.54 Å². The number of para-hydroxylation sites is 1. The minimum Gasteiger partial charge on any atom is -0.348 e. The lowest BCUT2D eigenvalue weighted by molar-refractivity contribution is 0.0949. The van der Waals surface area contributed by atoms with E-state index in [1.54, 1.807) is 36.7 Å². The number of nitrogens with zero attached hydrogens (tertiary/aromatic N) is 1. The predicted molar refractivity (Wildman–Crippen MR) is 115 cm³/mol. The molecular weight excluding hydrogens is 362 g/mol. The number of pyridine rings is 1. The van der Waals surface area contributed by atoms with E-state index in [1.807, 2.05) is 37.3 Å². The van der Waals surface area contributed by atoms with Crippen molar-refractivity contribution in [1.82, 2.24) is 10.3 Å². The topological polar surface area (TPSA) is 71.1 Å². The zero-order valence-electron chi connectivity index (χ0n) is 16.9. The first-order valence-electron chi connectivity index (χ1n) is 9.63. The van der Waals surface area contributed by atoms with Gasteiger partial charge in [-0.05, 0) is 59.9 Å². The number of anilines is 1. The van der Waals surface area contributed by atoms with E-state index in [4.69, 9.17) is 0 Å². The van der Waals surface area contributed by atoms with Gasteiger partial charge in [0, 0.05) is 35.8 Å². The number of carbonyl (C=O) groups is 2. The fourth-order valence-electron chi connectivity index (χ4n) is 3.09. The van der Waals surface area contributed by atoms with Crippen LogP contribution >= 0.6 is 0 Å². The number of nitrogens with one attached hydrogen (secondary N) is 2. The fourth-order valence-corrected chi connectivity index (χ4v) is 3.09. The maximum absolute atomic E-state index is 12.7. The molecule has 148 valence electrons. The lowest BCUT2D eigenvalue weighted by atomic mass is 9.98. The Bertz CT molecular complexity index is 996. The van der Waals surface area contributed by atoms with Gasteiger partial charge in [-0.2, -0.15) is 0 Å². The standard InChI is InChI=1S/C24H25N3O2/c1-16(2)21-8-4-6-17(3)22(21)27-24(29)20-11-9-19(10-12-20)23(28)26-15-18-7-5-13-25-14-18/h4-14,16H,15H2,1-3H3,(H,26,28)(H,27,29). The van der Waals surface area contributed by atoms with Crippen molar-refractivity contribution < 1.29 is 9.59 Å². The van der Waals surface area contributed by atoms with Crippen molar-refractivity contribution in [2.24, 2.45) is 0 Å². The minimum absolute atomic E-state index is 0.191. The molecule has 0 unspecified atom stereocenters. The largest absolute Gasteiger partial charge is 0.348 e. The van der Waals surface area contributed by atoms with Gasteiger partial charge in [0.25, 0.3) is 11.8 Å². The Kier molecular flexibility index (Phi) is 6.39. The Labute approximate surface area is 171 Å². The van der Waals surface area contributed by atoms with Crippen LogP contribution in [0.1, 0.15) is 57.2 Å². The average molecular weight is 387 g/mol. The van der Waals surface area contributed by atoms with Crippen LogP contribution in [0, 0.1) is 6.92 Å². The summed E-state index contributed by atoms with van der Waals surface area (Å²) < 4.78 is 0. The Morgan fingerprint density at radius 1 is 0.931 bits per heavy atom. The Morgan fingerprint density at radius 3 is 2.24 bits per heavy atom. The van der Waals surface area contributed by atoms with Gasteiger partial charge >= 0.3 is 0 Å². The monoisotopic (exact) mass is 387 g/mol. The molecule has 0 atom stereocenters. The molecule has 0 radical (unpaired) electrons. The van der Waals surface area contributed by atoms with Gasteiger partial charge in [0.05, 0.1) is 0 Å². The zero-order chi connectivity index (χ0) is 20.8. The molecule has 3 rings (SSSR count). The molecular formula is C24H25N3O2. The van der Waals surface area contributed by atoms with Crippen molar-refractivity contribution in [3.05, 3.63) is 94.8 Å². The summed E-state index contributed by atoms with van der Waals surface area (Å²) in [6, 6.07) is 16.4. The molecule has 0 fully saturated rings. The summed E-state index contributed by atoms with van der Waals surface area (Å²) in [5.41, 5.74) is 4.92. The number of hydrogen-bond donors (Lipinski definition) is 2. The summed E-state index contributed by atoms with van der Waals surface area (Å²) in [6.07, 6.45) is 3.40. The second kappa shape index (κ2) is 9.15. The molecule has 0 saturated heterocycles. The summed E-state index contributed by atoms with van der Waals surface area (Å²) in [5, 5.41) is 5.88. The van der Waals surface area contributed by atoms with E-state index in [2.05, 4.69) is 29.5 Å². The SMILES string of the molecule is Cc1cccc(C(C)C)c1NC(=O)c1ccc(C(=O)NCc2cccnc2)cc1. The minimum atomic E-state index is -0.193. The van der Waals surface area contributed by atoms with Gasteiger partial charge in [-0.15, -0.1) is 0 Å². The van der Waals surface area contributed by atoms with Crippen LogP contribution < -0.4 is 10.6 Å². The normalized spacial score (nSPS) is 10.6. The lowest BCUT2D eigenvalue weighted by Gasteiger charge is -2.16. The number of benzene rings is 2. The summed E-state index contributed by atoms with van der Waals surface area (Å²) >= 11 is 0. The van der Waals surface area contributed by atoms with Crippen LogP contribution in [0.2, 0.25) is 0 Å². The van der Waals surface area contributed by atoms with Gasteiger partial charge in [-0.25, -0.2) is 0 Å². The third kappa shape index (κ3) is 5.08. The maximum atomic E-state index is 12.7. The molecule has 0 spiro atoms. The van der Waals surface area contributed by atoms with Gasteiger partial charge in [0.2, 0.25) is 0 Å². The Morgan fingerprint density at radius 2 is 1.62 bits per heavy atom. The third-order valence-corrected chi connectivity index (χ3v) is 4.75. The molecule has 3 aromatic rings. The molecule has 0 bridgehead atoms. The molecule has 29 heavy (non-hydrogen) atoms. The van der Waals surface area contributed by atoms with Crippen molar-refractivity contribution in [2.45, 2.75) is 33.2 Å². The maximum Gasteiger partial charge on any atom is 0.255 e. The molecule has 0 aliphatic carbocycles. The summed E-state index contributed by atoms with van der Waals surface area (Å²) in [6.45, 7) is 6.59. The smallest absolute Gasteiger partial charge is 0.255 e. The predicted octanol–water partition coefficient (Wildman–Crippen LogP) is 4.70. The molecule has 5 nitrogen and oxygen atoms in total. The average Bonchev–Trinajstić information content (AvgIpc) is 2.74. The van der Waals surface area contributed by atoms with E-state index in [0.29, 0.717) is 23.6 Å².